The molecule has 2 aliphatic heterocycles. The summed E-state index contributed by atoms with van der Waals surface area (Å²) in [7, 11) is 1.65. The highest BCUT2D eigenvalue weighted by atomic mass is 35.5. The Morgan fingerprint density at radius 3 is 2.61 bits per heavy atom. The highest BCUT2D eigenvalue weighted by Gasteiger charge is 2.35. The molecular weight excluding hydrogens is 442 g/mol. The zero-order chi connectivity index (χ0) is 23.8. The van der Waals surface area contributed by atoms with Crippen molar-refractivity contribution in [3.8, 4) is 11.5 Å². The predicted molar refractivity (Wildman–Crippen MR) is 126 cm³/mol. The second-order valence-corrected chi connectivity index (χ2v) is 9.99. The van der Waals surface area contributed by atoms with Crippen molar-refractivity contribution in [3.63, 3.8) is 0 Å². The van der Waals surface area contributed by atoms with E-state index in [9.17, 15) is 9.59 Å². The molecule has 7 nitrogen and oxygen atoms in total. The number of fused-ring (bicyclic) bond motifs is 1. The van der Waals surface area contributed by atoms with Crippen molar-refractivity contribution in [2.75, 3.05) is 20.4 Å². The molecule has 0 N–H and O–H groups in total. The minimum Gasteiger partial charge on any atom is -0.454 e. The van der Waals surface area contributed by atoms with E-state index in [1.54, 1.807) is 13.1 Å². The van der Waals surface area contributed by atoms with Gasteiger partial charge in [-0.05, 0) is 29.2 Å². The van der Waals surface area contributed by atoms with Crippen molar-refractivity contribution in [2.24, 2.45) is 10.5 Å². The van der Waals surface area contributed by atoms with Gasteiger partial charge in [0.2, 0.25) is 12.7 Å². The molecule has 33 heavy (non-hydrogen) atoms. The molecule has 0 unspecified atom stereocenters. The largest absolute Gasteiger partial charge is 0.454 e. The highest BCUT2D eigenvalue weighted by molar-refractivity contribution is 6.34. The third-order valence-corrected chi connectivity index (χ3v) is 5.94. The first-order chi connectivity index (χ1) is 15.6. The molecule has 8 heteroatoms. The molecule has 0 radical (unpaired) electrons. The van der Waals surface area contributed by atoms with Crippen LogP contribution in [0.25, 0.3) is 0 Å². The average Bonchev–Trinajstić information content (AvgIpc) is 3.39. The Labute approximate surface area is 198 Å². The van der Waals surface area contributed by atoms with Gasteiger partial charge in [-0.15, -0.1) is 0 Å². The summed E-state index contributed by atoms with van der Waals surface area (Å²) in [5.74, 6) is 0.979. The zero-order valence-electron chi connectivity index (χ0n) is 19.3. The number of carbonyl (C=O) groups is 2. The number of hydrazone groups is 1. The highest BCUT2D eigenvalue weighted by Crippen LogP contribution is 2.39. The predicted octanol–water partition coefficient (Wildman–Crippen LogP) is 4.64. The Balaban J connectivity index is 1.61. The minimum atomic E-state index is -0.343. The lowest BCUT2D eigenvalue weighted by molar-refractivity contribution is -0.141. The lowest BCUT2D eigenvalue weighted by atomic mass is 9.92. The lowest BCUT2D eigenvalue weighted by Crippen LogP contribution is -2.40. The number of nitrogens with zero attached hydrogens (tertiary/aromatic N) is 3. The maximum absolute atomic E-state index is 13.3. The van der Waals surface area contributed by atoms with E-state index in [4.69, 9.17) is 21.1 Å². The first-order valence-corrected chi connectivity index (χ1v) is 11.3. The summed E-state index contributed by atoms with van der Waals surface area (Å²) in [5.41, 5.74) is 2.23. The number of halogens is 1. The van der Waals surface area contributed by atoms with E-state index in [1.807, 2.05) is 57.2 Å². The maximum Gasteiger partial charge on any atom is 0.262 e. The van der Waals surface area contributed by atoms with Crippen LogP contribution in [-0.4, -0.2) is 47.8 Å². The van der Waals surface area contributed by atoms with Crippen LogP contribution in [0.2, 0.25) is 5.02 Å². The Hall–Kier alpha value is -3.06. The molecule has 2 amide bonds. The van der Waals surface area contributed by atoms with Crippen molar-refractivity contribution in [3.05, 3.63) is 58.6 Å². The van der Waals surface area contributed by atoms with Crippen molar-refractivity contribution < 1.29 is 19.1 Å². The van der Waals surface area contributed by atoms with Gasteiger partial charge in [-0.25, -0.2) is 5.01 Å². The standard InChI is InChI=1S/C25H28ClN3O4/c1-25(2,3)13-23(30)28(4)14-24(31)29-20(16-9-10-21-22(11-16)33-15-32-21)12-19(27-29)17-7-5-6-8-18(17)26/h5-11,20H,12-15H2,1-4H3/t20-/m1/s1. The van der Waals surface area contributed by atoms with Crippen molar-refractivity contribution in [1.82, 2.24) is 9.91 Å². The van der Waals surface area contributed by atoms with Gasteiger partial charge in [-0.1, -0.05) is 56.6 Å². The fraction of sp³-hybridized carbons (Fsp3) is 0.400. The Morgan fingerprint density at radius 2 is 1.88 bits per heavy atom. The summed E-state index contributed by atoms with van der Waals surface area (Å²) in [6.45, 7) is 6.11. The van der Waals surface area contributed by atoms with Crippen LogP contribution < -0.4 is 9.47 Å². The van der Waals surface area contributed by atoms with Crippen LogP contribution >= 0.6 is 11.6 Å². The number of hydrogen-bond donors (Lipinski definition) is 0. The Morgan fingerprint density at radius 1 is 1.15 bits per heavy atom. The van der Waals surface area contributed by atoms with E-state index in [0.29, 0.717) is 29.4 Å². The number of ether oxygens (including phenoxy) is 2. The van der Waals surface area contributed by atoms with E-state index in [-0.39, 0.29) is 36.6 Å². The number of hydrogen-bond acceptors (Lipinski definition) is 5. The summed E-state index contributed by atoms with van der Waals surface area (Å²) in [6.07, 6.45) is 0.852. The van der Waals surface area contributed by atoms with Gasteiger partial charge in [0.15, 0.2) is 11.5 Å². The van der Waals surface area contributed by atoms with E-state index >= 15 is 0 Å². The number of rotatable bonds is 5. The summed E-state index contributed by atoms with van der Waals surface area (Å²) >= 11 is 6.42. The van der Waals surface area contributed by atoms with Crippen LogP contribution in [-0.2, 0) is 9.59 Å². The van der Waals surface area contributed by atoms with Crippen LogP contribution in [0, 0.1) is 5.41 Å². The lowest BCUT2D eigenvalue weighted by Gasteiger charge is -2.26. The molecular formula is C25H28ClN3O4. The van der Waals surface area contributed by atoms with Gasteiger partial charge >= 0.3 is 0 Å². The SMILES string of the molecule is CN(CC(=O)N1N=C(c2ccccc2Cl)C[C@@H]1c1ccc2c(c1)OCO2)C(=O)CC(C)(C)C. The normalized spacial score (nSPS) is 17.2. The van der Waals surface area contributed by atoms with Crippen LogP contribution in [0.1, 0.15) is 50.8 Å². The van der Waals surface area contributed by atoms with Gasteiger partial charge in [0.25, 0.3) is 5.91 Å². The van der Waals surface area contributed by atoms with Crippen LogP contribution in [0.4, 0.5) is 0 Å². The van der Waals surface area contributed by atoms with Gasteiger partial charge in [-0.3, -0.25) is 9.59 Å². The molecule has 0 saturated heterocycles. The fourth-order valence-electron chi connectivity index (χ4n) is 3.93. The van der Waals surface area contributed by atoms with Gasteiger partial charge in [0.1, 0.15) is 6.54 Å². The molecule has 0 fully saturated rings. The van der Waals surface area contributed by atoms with Gasteiger partial charge in [-0.2, -0.15) is 5.10 Å². The second-order valence-electron chi connectivity index (χ2n) is 9.58. The van der Waals surface area contributed by atoms with E-state index < -0.39 is 0 Å². The van der Waals surface area contributed by atoms with Gasteiger partial charge in [0.05, 0.1) is 11.8 Å². The Bertz CT molecular complexity index is 1110. The summed E-state index contributed by atoms with van der Waals surface area (Å²) < 4.78 is 11.0. The minimum absolute atomic E-state index is 0.0603. The third kappa shape index (κ3) is 5.14. The van der Waals surface area contributed by atoms with E-state index in [2.05, 4.69) is 5.10 Å². The number of carbonyl (C=O) groups excluding carboxylic acids is 2. The molecule has 0 bridgehead atoms. The monoisotopic (exact) mass is 469 g/mol. The van der Waals surface area contributed by atoms with Crippen molar-refractivity contribution >= 4 is 29.1 Å². The van der Waals surface area contributed by atoms with E-state index in [0.717, 1.165) is 16.8 Å². The smallest absolute Gasteiger partial charge is 0.262 e. The molecule has 0 aromatic heterocycles. The molecule has 2 aliphatic rings. The number of likely N-dealkylation sites (N-methyl/N-ethyl adjacent to an activating group) is 1. The molecule has 2 heterocycles. The van der Waals surface area contributed by atoms with Gasteiger partial charge < -0.3 is 14.4 Å². The molecule has 0 saturated carbocycles. The van der Waals surface area contributed by atoms with Crippen LogP contribution in [0.5, 0.6) is 11.5 Å². The summed E-state index contributed by atoms with van der Waals surface area (Å²) in [4.78, 5) is 27.4. The van der Waals surface area contributed by atoms with Gasteiger partial charge in [0, 0.05) is 30.5 Å². The summed E-state index contributed by atoms with van der Waals surface area (Å²) in [6, 6.07) is 12.7. The van der Waals surface area contributed by atoms with Crippen LogP contribution in [0.15, 0.2) is 47.6 Å². The second kappa shape index (κ2) is 9.06. The molecule has 0 spiro atoms. The summed E-state index contributed by atoms with van der Waals surface area (Å²) in [5, 5.41) is 6.71. The number of amides is 2. The molecule has 4 rings (SSSR count). The first kappa shape index (κ1) is 23.1. The molecule has 174 valence electrons. The van der Waals surface area contributed by atoms with Crippen LogP contribution in [0.3, 0.4) is 0 Å². The third-order valence-electron chi connectivity index (χ3n) is 5.61. The van der Waals surface area contributed by atoms with E-state index in [1.165, 1.54) is 9.91 Å². The quantitative estimate of drug-likeness (QED) is 0.639. The molecule has 1 atom stereocenters. The average molecular weight is 470 g/mol. The molecule has 0 aliphatic carbocycles. The molecule has 2 aromatic rings. The Kier molecular flexibility index (Phi) is 6.34. The molecule has 2 aromatic carbocycles. The number of benzene rings is 2. The first-order valence-electron chi connectivity index (χ1n) is 10.9. The topological polar surface area (TPSA) is 71.4 Å². The van der Waals surface area contributed by atoms with Crippen molar-refractivity contribution in [1.29, 1.82) is 0 Å². The zero-order valence-corrected chi connectivity index (χ0v) is 20.1. The maximum atomic E-state index is 13.3. The fourth-order valence-corrected chi connectivity index (χ4v) is 4.18. The van der Waals surface area contributed by atoms with Crippen molar-refractivity contribution in [2.45, 2.75) is 39.7 Å².